The Hall–Kier alpha value is -3.35. The Bertz CT molecular complexity index is 1240. The van der Waals surface area contributed by atoms with E-state index in [0.717, 1.165) is 23.6 Å². The standard InChI is InChI=1S/C25H26N2O6S/c1-2-3-15-33-20-11-13-21(14-12-20)34(31,32)27-16-19-7-4-5-10-22(19)26(17-23(27)25(29)30)24(28)18-8-6-9-18/h4-5,7,10-14,18,23H,6,8-9,15-17H2,1H3,(H,29,30). The number of ether oxygens (including phenoxy) is 1. The van der Waals surface area contributed by atoms with Crippen molar-refractivity contribution >= 4 is 27.6 Å². The fourth-order valence-corrected chi connectivity index (χ4v) is 5.67. The van der Waals surface area contributed by atoms with Crippen LogP contribution in [0.4, 0.5) is 5.69 Å². The van der Waals surface area contributed by atoms with Gasteiger partial charge in [0.1, 0.15) is 18.4 Å². The predicted octanol–water partition coefficient (Wildman–Crippen LogP) is 2.88. The number of fused-ring (bicyclic) bond motifs is 1. The first-order chi connectivity index (χ1) is 16.3. The zero-order valence-electron chi connectivity index (χ0n) is 18.8. The summed E-state index contributed by atoms with van der Waals surface area (Å²) in [5.41, 5.74) is 1.14. The number of nitrogens with zero attached hydrogens (tertiary/aromatic N) is 2. The number of anilines is 1. The number of carbonyl (C=O) groups is 2. The molecule has 1 atom stereocenters. The molecule has 0 saturated heterocycles. The number of sulfonamides is 1. The molecule has 2 aliphatic rings. The molecule has 1 N–H and O–H groups in total. The Labute approximate surface area is 199 Å². The Kier molecular flexibility index (Phi) is 6.91. The van der Waals surface area contributed by atoms with E-state index in [0.29, 0.717) is 17.0 Å². The van der Waals surface area contributed by atoms with Gasteiger partial charge in [0, 0.05) is 18.2 Å². The highest BCUT2D eigenvalue weighted by molar-refractivity contribution is 7.89. The van der Waals surface area contributed by atoms with Crippen LogP contribution in [-0.2, 0) is 26.2 Å². The highest BCUT2D eigenvalue weighted by Crippen LogP contribution is 2.35. The lowest BCUT2D eigenvalue weighted by molar-refractivity contribution is -0.141. The Balaban J connectivity index is 1.69. The van der Waals surface area contributed by atoms with E-state index in [1.54, 1.807) is 31.2 Å². The second-order valence-electron chi connectivity index (χ2n) is 8.30. The van der Waals surface area contributed by atoms with E-state index in [9.17, 15) is 23.1 Å². The maximum atomic E-state index is 13.6. The molecule has 0 bridgehead atoms. The third-order valence-electron chi connectivity index (χ3n) is 6.24. The van der Waals surface area contributed by atoms with Crippen molar-refractivity contribution < 1.29 is 27.9 Å². The molecule has 0 aromatic heterocycles. The number of hydrogen-bond acceptors (Lipinski definition) is 5. The molecular formula is C25H26N2O6S. The van der Waals surface area contributed by atoms with Crippen LogP contribution in [0.1, 0.15) is 31.7 Å². The van der Waals surface area contributed by atoms with E-state index in [2.05, 4.69) is 11.8 Å². The molecule has 8 nitrogen and oxygen atoms in total. The molecule has 2 aromatic carbocycles. The first kappa shape index (κ1) is 23.8. The van der Waals surface area contributed by atoms with Crippen molar-refractivity contribution in [3.05, 3.63) is 54.1 Å². The summed E-state index contributed by atoms with van der Waals surface area (Å²) in [4.78, 5) is 26.9. The van der Waals surface area contributed by atoms with Gasteiger partial charge in [-0.15, -0.1) is 5.92 Å². The highest BCUT2D eigenvalue weighted by Gasteiger charge is 2.43. The second-order valence-corrected chi connectivity index (χ2v) is 10.2. The van der Waals surface area contributed by atoms with Crippen molar-refractivity contribution in [3.63, 3.8) is 0 Å². The summed E-state index contributed by atoms with van der Waals surface area (Å²) in [6.07, 6.45) is 2.48. The lowest BCUT2D eigenvalue weighted by Crippen LogP contribution is -2.51. The molecule has 1 fully saturated rings. The summed E-state index contributed by atoms with van der Waals surface area (Å²) < 4.78 is 33.6. The Morgan fingerprint density at radius 3 is 2.44 bits per heavy atom. The molecule has 2 aromatic rings. The first-order valence-corrected chi connectivity index (χ1v) is 12.5. The van der Waals surface area contributed by atoms with Gasteiger partial charge in [-0.05, 0) is 55.7 Å². The maximum absolute atomic E-state index is 13.6. The summed E-state index contributed by atoms with van der Waals surface area (Å²) in [6, 6.07) is 11.4. The van der Waals surface area contributed by atoms with E-state index in [1.165, 1.54) is 29.2 Å². The van der Waals surface area contributed by atoms with E-state index in [1.807, 2.05) is 0 Å². The minimum Gasteiger partial charge on any atom is -0.481 e. The third-order valence-corrected chi connectivity index (χ3v) is 8.10. The molecule has 1 aliphatic heterocycles. The SMILES string of the molecule is CC#CCOc1ccc(S(=O)(=O)N2Cc3ccccc3N(C(=O)C3CCC3)CC2C(=O)O)cc1. The minimum absolute atomic E-state index is 0.0519. The number of aliphatic carboxylic acids is 1. The zero-order chi connectivity index (χ0) is 24.3. The van der Waals surface area contributed by atoms with Crippen LogP contribution in [0.25, 0.3) is 0 Å². The molecule has 4 rings (SSSR count). The third kappa shape index (κ3) is 4.65. The van der Waals surface area contributed by atoms with Crippen molar-refractivity contribution in [3.8, 4) is 17.6 Å². The lowest BCUT2D eigenvalue weighted by atomic mass is 9.84. The molecule has 1 heterocycles. The van der Waals surface area contributed by atoms with Crippen molar-refractivity contribution in [1.29, 1.82) is 0 Å². The predicted molar refractivity (Wildman–Crippen MR) is 126 cm³/mol. The smallest absolute Gasteiger partial charge is 0.323 e. The van der Waals surface area contributed by atoms with E-state index >= 15 is 0 Å². The fraction of sp³-hybridized carbons (Fsp3) is 0.360. The van der Waals surface area contributed by atoms with Crippen LogP contribution in [0.2, 0.25) is 0 Å². The normalized spacial score (nSPS) is 18.6. The van der Waals surface area contributed by atoms with Crippen molar-refractivity contribution in [1.82, 2.24) is 4.31 Å². The van der Waals surface area contributed by atoms with Gasteiger partial charge in [-0.3, -0.25) is 9.59 Å². The number of para-hydroxylation sites is 1. The molecule has 9 heteroatoms. The maximum Gasteiger partial charge on any atom is 0.323 e. The molecule has 1 aliphatic carbocycles. The summed E-state index contributed by atoms with van der Waals surface area (Å²) in [7, 11) is -4.19. The van der Waals surface area contributed by atoms with Crippen LogP contribution in [-0.4, -0.2) is 48.9 Å². The van der Waals surface area contributed by atoms with E-state index < -0.39 is 22.0 Å². The number of carboxylic acid groups (broad SMARTS) is 1. The number of carbonyl (C=O) groups excluding carboxylic acids is 1. The zero-order valence-corrected chi connectivity index (χ0v) is 19.6. The quantitative estimate of drug-likeness (QED) is 0.635. The summed E-state index contributed by atoms with van der Waals surface area (Å²) in [6.45, 7) is 1.46. The van der Waals surface area contributed by atoms with Crippen molar-refractivity contribution in [2.75, 3.05) is 18.1 Å². The number of amides is 1. The Morgan fingerprint density at radius 1 is 1.12 bits per heavy atom. The number of benzene rings is 2. The average molecular weight is 483 g/mol. The van der Waals surface area contributed by atoms with Gasteiger partial charge in [0.2, 0.25) is 15.9 Å². The number of hydrogen-bond donors (Lipinski definition) is 1. The van der Waals surface area contributed by atoms with Gasteiger partial charge in [0.15, 0.2) is 0 Å². The summed E-state index contributed by atoms with van der Waals surface area (Å²) in [5, 5.41) is 10.0. The molecule has 1 amide bonds. The molecule has 178 valence electrons. The van der Waals surface area contributed by atoms with Gasteiger partial charge in [-0.1, -0.05) is 30.5 Å². The van der Waals surface area contributed by atoms with Crippen molar-refractivity contribution in [2.24, 2.45) is 5.92 Å². The van der Waals surface area contributed by atoms with Gasteiger partial charge < -0.3 is 14.7 Å². The summed E-state index contributed by atoms with van der Waals surface area (Å²) in [5.74, 6) is 4.31. The largest absolute Gasteiger partial charge is 0.481 e. The van der Waals surface area contributed by atoms with Gasteiger partial charge in [-0.25, -0.2) is 8.42 Å². The van der Waals surface area contributed by atoms with Crippen molar-refractivity contribution in [2.45, 2.75) is 43.7 Å². The van der Waals surface area contributed by atoms with Gasteiger partial charge in [0.25, 0.3) is 0 Å². The van der Waals surface area contributed by atoms with E-state index in [-0.39, 0.29) is 36.4 Å². The molecule has 1 saturated carbocycles. The molecule has 1 unspecified atom stereocenters. The lowest BCUT2D eigenvalue weighted by Gasteiger charge is -2.33. The number of rotatable bonds is 6. The highest BCUT2D eigenvalue weighted by atomic mass is 32.2. The van der Waals surface area contributed by atoms with Crippen LogP contribution < -0.4 is 9.64 Å². The molecule has 0 spiro atoms. The summed E-state index contributed by atoms with van der Waals surface area (Å²) >= 11 is 0. The monoisotopic (exact) mass is 482 g/mol. The first-order valence-electron chi connectivity index (χ1n) is 11.1. The van der Waals surface area contributed by atoms with Crippen LogP contribution >= 0.6 is 0 Å². The van der Waals surface area contributed by atoms with Gasteiger partial charge in [-0.2, -0.15) is 4.31 Å². The molecular weight excluding hydrogens is 456 g/mol. The molecule has 0 radical (unpaired) electrons. The van der Waals surface area contributed by atoms with Gasteiger partial charge >= 0.3 is 5.97 Å². The van der Waals surface area contributed by atoms with Crippen LogP contribution in [0.15, 0.2) is 53.4 Å². The topological polar surface area (TPSA) is 104 Å². The van der Waals surface area contributed by atoms with Crippen LogP contribution in [0, 0.1) is 17.8 Å². The number of carboxylic acids is 1. The minimum atomic E-state index is -4.19. The van der Waals surface area contributed by atoms with Crippen LogP contribution in [0.3, 0.4) is 0 Å². The van der Waals surface area contributed by atoms with Crippen LogP contribution in [0.5, 0.6) is 5.75 Å². The van der Waals surface area contributed by atoms with Gasteiger partial charge in [0.05, 0.1) is 11.4 Å². The van der Waals surface area contributed by atoms with E-state index in [4.69, 9.17) is 4.74 Å². The molecule has 34 heavy (non-hydrogen) atoms. The second kappa shape index (κ2) is 9.87. The Morgan fingerprint density at radius 2 is 1.82 bits per heavy atom. The average Bonchev–Trinajstić information content (AvgIpc) is 2.96. The fourth-order valence-electron chi connectivity index (χ4n) is 4.12.